The summed E-state index contributed by atoms with van der Waals surface area (Å²) in [6.45, 7) is 8.14. The van der Waals surface area contributed by atoms with Gasteiger partial charge in [0, 0.05) is 24.4 Å². The Bertz CT molecular complexity index is 937. The van der Waals surface area contributed by atoms with Crippen LogP contribution in [0.4, 0.5) is 5.69 Å². The molecule has 25 heavy (non-hydrogen) atoms. The molecule has 0 saturated carbocycles. The minimum Gasteiger partial charge on any atom is -0.393 e. The van der Waals surface area contributed by atoms with Gasteiger partial charge in [0.05, 0.1) is 23.0 Å². The van der Waals surface area contributed by atoms with Crippen molar-refractivity contribution >= 4 is 27.3 Å². The van der Waals surface area contributed by atoms with E-state index in [1.807, 2.05) is 11.8 Å². The van der Waals surface area contributed by atoms with Gasteiger partial charge < -0.3 is 10.0 Å². The van der Waals surface area contributed by atoms with Crippen LogP contribution >= 0.6 is 11.6 Å². The summed E-state index contributed by atoms with van der Waals surface area (Å²) < 4.78 is 26.6. The Labute approximate surface area is 151 Å². The number of aliphatic hydroxyl groups excluding tert-OH is 1. The van der Waals surface area contributed by atoms with Gasteiger partial charge in [0.25, 0.3) is 10.0 Å². The van der Waals surface area contributed by atoms with E-state index in [1.54, 1.807) is 19.1 Å². The zero-order valence-electron chi connectivity index (χ0n) is 14.0. The van der Waals surface area contributed by atoms with Gasteiger partial charge in [-0.15, -0.1) is 9.19 Å². The lowest BCUT2D eigenvalue weighted by Gasteiger charge is -2.20. The van der Waals surface area contributed by atoms with Gasteiger partial charge >= 0.3 is 0 Å². The number of hydrogen-bond acceptors (Lipinski definition) is 6. The fraction of sp³-hybridized carbons (Fsp3) is 0.375. The van der Waals surface area contributed by atoms with Crippen LogP contribution in [0.2, 0.25) is 5.02 Å². The van der Waals surface area contributed by atoms with Crippen LogP contribution in [0.5, 0.6) is 0 Å². The molecule has 2 heterocycles. The highest BCUT2D eigenvalue weighted by atomic mass is 35.5. The molecule has 1 unspecified atom stereocenters. The van der Waals surface area contributed by atoms with Crippen molar-refractivity contribution in [3.8, 4) is 0 Å². The van der Waals surface area contributed by atoms with Crippen molar-refractivity contribution in [2.24, 2.45) is 0 Å². The van der Waals surface area contributed by atoms with Crippen LogP contribution in [0.15, 0.2) is 35.5 Å². The number of aliphatic hydroxyl groups is 1. The van der Waals surface area contributed by atoms with Crippen molar-refractivity contribution in [3.63, 3.8) is 0 Å². The fourth-order valence-electron chi connectivity index (χ4n) is 2.88. The van der Waals surface area contributed by atoms with Crippen molar-refractivity contribution in [2.45, 2.75) is 37.7 Å². The second-order valence-corrected chi connectivity index (χ2v) is 8.36. The molecule has 0 radical (unpaired) electrons. The first kappa shape index (κ1) is 17.9. The second-order valence-electron chi connectivity index (χ2n) is 6.19. The first-order chi connectivity index (χ1) is 11.7. The van der Waals surface area contributed by atoms with Crippen molar-refractivity contribution < 1.29 is 13.5 Å². The molecule has 0 saturated heterocycles. The maximum absolute atomic E-state index is 12.9. The SMILES string of the molecule is C=C(C)N1CCc2cc(Cl)c(S(=O)(=O)n3cc(CC(C)O)nn3)cc21. The molecule has 3 rings (SSSR count). The highest BCUT2D eigenvalue weighted by Gasteiger charge is 2.28. The van der Waals surface area contributed by atoms with Crippen molar-refractivity contribution in [1.29, 1.82) is 0 Å². The van der Waals surface area contributed by atoms with Crippen LogP contribution in [0.25, 0.3) is 0 Å². The van der Waals surface area contributed by atoms with E-state index in [9.17, 15) is 13.5 Å². The maximum Gasteiger partial charge on any atom is 0.285 e. The molecule has 0 amide bonds. The van der Waals surface area contributed by atoms with Gasteiger partial charge in [-0.1, -0.05) is 23.4 Å². The molecule has 9 heteroatoms. The van der Waals surface area contributed by atoms with Crippen molar-refractivity contribution in [1.82, 2.24) is 14.4 Å². The number of nitrogens with zero attached hydrogens (tertiary/aromatic N) is 4. The largest absolute Gasteiger partial charge is 0.393 e. The van der Waals surface area contributed by atoms with E-state index < -0.39 is 16.1 Å². The van der Waals surface area contributed by atoms with Crippen LogP contribution < -0.4 is 4.90 Å². The van der Waals surface area contributed by atoms with Gasteiger partial charge in [-0.2, -0.15) is 8.42 Å². The van der Waals surface area contributed by atoms with E-state index in [-0.39, 0.29) is 16.3 Å². The van der Waals surface area contributed by atoms with Crippen LogP contribution in [0.1, 0.15) is 25.1 Å². The zero-order valence-corrected chi connectivity index (χ0v) is 15.5. The molecule has 1 N–H and O–H groups in total. The van der Waals surface area contributed by atoms with Gasteiger partial charge in [-0.05, 0) is 38.0 Å². The topological polar surface area (TPSA) is 88.3 Å². The van der Waals surface area contributed by atoms with E-state index in [0.717, 1.165) is 34.0 Å². The Morgan fingerprint density at radius 3 is 2.84 bits per heavy atom. The third-order valence-electron chi connectivity index (χ3n) is 4.04. The molecule has 7 nitrogen and oxygen atoms in total. The number of allylic oxidation sites excluding steroid dienone is 1. The van der Waals surface area contributed by atoms with Gasteiger partial charge in [0.15, 0.2) is 0 Å². The van der Waals surface area contributed by atoms with Crippen LogP contribution in [0, 0.1) is 0 Å². The highest BCUT2D eigenvalue weighted by Crippen LogP contribution is 2.37. The average Bonchev–Trinajstić information content (AvgIpc) is 3.12. The number of benzene rings is 1. The van der Waals surface area contributed by atoms with E-state index in [4.69, 9.17) is 11.6 Å². The molecule has 0 fully saturated rings. The lowest BCUT2D eigenvalue weighted by atomic mass is 10.2. The molecule has 1 atom stereocenters. The van der Waals surface area contributed by atoms with Gasteiger partial charge in [-0.25, -0.2) is 0 Å². The first-order valence-electron chi connectivity index (χ1n) is 7.80. The zero-order chi connectivity index (χ0) is 18.4. The summed E-state index contributed by atoms with van der Waals surface area (Å²) in [5, 5.41) is 17.0. The van der Waals surface area contributed by atoms with Gasteiger partial charge in [0.1, 0.15) is 4.90 Å². The number of halogens is 1. The predicted molar refractivity (Wildman–Crippen MR) is 95.3 cm³/mol. The quantitative estimate of drug-likeness (QED) is 0.850. The lowest BCUT2D eigenvalue weighted by Crippen LogP contribution is -2.18. The van der Waals surface area contributed by atoms with E-state index in [2.05, 4.69) is 16.9 Å². The fourth-order valence-corrected chi connectivity index (χ4v) is 4.52. The Balaban J connectivity index is 2.05. The summed E-state index contributed by atoms with van der Waals surface area (Å²) in [5.74, 6) is 0. The molecular weight excluding hydrogens is 364 g/mol. The molecule has 0 bridgehead atoms. The Hall–Kier alpha value is -1.90. The summed E-state index contributed by atoms with van der Waals surface area (Å²) in [5.41, 5.74) is 3.00. The van der Waals surface area contributed by atoms with Crippen LogP contribution in [-0.4, -0.2) is 40.6 Å². The lowest BCUT2D eigenvalue weighted by molar-refractivity contribution is 0.194. The number of anilines is 1. The van der Waals surface area contributed by atoms with Gasteiger partial charge in [-0.3, -0.25) is 0 Å². The molecule has 0 aliphatic carbocycles. The summed E-state index contributed by atoms with van der Waals surface area (Å²) in [7, 11) is -3.98. The van der Waals surface area contributed by atoms with Crippen molar-refractivity contribution in [3.05, 3.63) is 46.9 Å². The summed E-state index contributed by atoms with van der Waals surface area (Å²) in [6, 6.07) is 3.24. The minimum absolute atomic E-state index is 0.0328. The number of aromatic nitrogens is 3. The Kier molecular flexibility index (Phi) is 4.61. The molecule has 1 aliphatic heterocycles. The van der Waals surface area contributed by atoms with Gasteiger partial charge in [0.2, 0.25) is 0 Å². The summed E-state index contributed by atoms with van der Waals surface area (Å²) in [4.78, 5) is 1.93. The number of rotatable bonds is 5. The molecular formula is C16H19ClN4O3S. The molecule has 2 aromatic rings. The van der Waals surface area contributed by atoms with E-state index >= 15 is 0 Å². The normalized spacial score (nSPS) is 15.3. The molecule has 1 aliphatic rings. The second kappa shape index (κ2) is 6.44. The van der Waals surface area contributed by atoms with Crippen molar-refractivity contribution in [2.75, 3.05) is 11.4 Å². The maximum atomic E-state index is 12.9. The summed E-state index contributed by atoms with van der Waals surface area (Å²) in [6.07, 6.45) is 1.66. The molecule has 134 valence electrons. The third-order valence-corrected chi connectivity index (χ3v) is 6.03. The Morgan fingerprint density at radius 1 is 1.48 bits per heavy atom. The standard InChI is InChI=1S/C16H19ClN4O3S/c1-10(2)20-5-4-12-7-14(17)16(8-15(12)20)25(23,24)21-9-13(18-19-21)6-11(3)22/h7-9,11,22H,1,4-6H2,2-3H3. The molecule has 1 aromatic heterocycles. The predicted octanol–water partition coefficient (Wildman–Crippen LogP) is 1.99. The third kappa shape index (κ3) is 3.29. The summed E-state index contributed by atoms with van der Waals surface area (Å²) >= 11 is 6.24. The number of hydrogen-bond donors (Lipinski definition) is 1. The van der Waals surface area contributed by atoms with E-state index in [1.165, 1.54) is 6.20 Å². The Morgan fingerprint density at radius 2 is 2.20 bits per heavy atom. The average molecular weight is 383 g/mol. The minimum atomic E-state index is -3.98. The first-order valence-corrected chi connectivity index (χ1v) is 9.62. The smallest absolute Gasteiger partial charge is 0.285 e. The molecule has 0 spiro atoms. The molecule has 1 aromatic carbocycles. The van der Waals surface area contributed by atoms with E-state index in [0.29, 0.717) is 5.69 Å². The van der Waals surface area contributed by atoms with Crippen LogP contribution in [-0.2, 0) is 22.9 Å². The number of fused-ring (bicyclic) bond motifs is 1. The monoisotopic (exact) mass is 382 g/mol. The highest BCUT2D eigenvalue weighted by molar-refractivity contribution is 7.90. The van der Waals surface area contributed by atoms with Crippen LogP contribution in [0.3, 0.4) is 0 Å².